The summed E-state index contributed by atoms with van der Waals surface area (Å²) in [4.78, 5) is 12.0. The number of nitrogens with zero attached hydrogens (tertiary/aromatic N) is 3. The van der Waals surface area contributed by atoms with Gasteiger partial charge in [-0.25, -0.2) is 4.79 Å². The second-order valence-electron chi connectivity index (χ2n) is 4.94. The second kappa shape index (κ2) is 7.03. The number of rotatable bonds is 6. The van der Waals surface area contributed by atoms with Crippen LogP contribution in [0.25, 0.3) is 5.65 Å². The molecule has 0 aromatic carbocycles. The number of fused-ring (bicyclic) bond motifs is 1. The number of aliphatic hydroxyl groups is 1. The maximum absolute atomic E-state index is 12.0. The SMILES string of the molecule is CCC(CCO)NC(=O)NC(C)c1nnc2ccccn12. The maximum Gasteiger partial charge on any atom is 0.315 e. The Labute approximate surface area is 123 Å². The average Bonchev–Trinajstić information content (AvgIpc) is 2.90. The van der Waals surface area contributed by atoms with E-state index < -0.39 is 0 Å². The summed E-state index contributed by atoms with van der Waals surface area (Å²) in [5.74, 6) is 0.677. The number of nitrogens with one attached hydrogen (secondary N) is 2. The molecule has 0 spiro atoms. The van der Waals surface area contributed by atoms with Gasteiger partial charge in [0.05, 0.1) is 6.04 Å². The number of carbonyl (C=O) groups is 1. The molecule has 114 valence electrons. The third-order valence-electron chi connectivity index (χ3n) is 3.38. The van der Waals surface area contributed by atoms with Gasteiger partial charge in [0, 0.05) is 18.8 Å². The Hall–Kier alpha value is -2.15. The minimum Gasteiger partial charge on any atom is -0.396 e. The van der Waals surface area contributed by atoms with Crippen molar-refractivity contribution in [3.05, 3.63) is 30.2 Å². The summed E-state index contributed by atoms with van der Waals surface area (Å²) in [5, 5.41) is 22.8. The number of hydrogen-bond acceptors (Lipinski definition) is 4. The van der Waals surface area contributed by atoms with Crippen LogP contribution >= 0.6 is 0 Å². The van der Waals surface area contributed by atoms with Crippen molar-refractivity contribution in [2.24, 2.45) is 0 Å². The summed E-state index contributed by atoms with van der Waals surface area (Å²) in [7, 11) is 0. The molecule has 2 unspecified atom stereocenters. The van der Waals surface area contributed by atoms with E-state index in [9.17, 15) is 4.79 Å². The molecule has 2 aromatic rings. The van der Waals surface area contributed by atoms with Crippen LogP contribution in [0, 0.1) is 0 Å². The molecule has 2 amide bonds. The highest BCUT2D eigenvalue weighted by Crippen LogP contribution is 2.11. The first-order valence-electron chi connectivity index (χ1n) is 7.13. The normalized spacial score (nSPS) is 13.9. The van der Waals surface area contributed by atoms with Crippen molar-refractivity contribution in [2.75, 3.05) is 6.61 Å². The fraction of sp³-hybridized carbons (Fsp3) is 0.500. The highest BCUT2D eigenvalue weighted by Gasteiger charge is 2.17. The predicted molar refractivity (Wildman–Crippen MR) is 78.9 cm³/mol. The predicted octanol–water partition coefficient (Wildman–Crippen LogP) is 1.25. The fourth-order valence-electron chi connectivity index (χ4n) is 2.18. The molecule has 0 fully saturated rings. The smallest absolute Gasteiger partial charge is 0.315 e. The summed E-state index contributed by atoms with van der Waals surface area (Å²) in [5.41, 5.74) is 0.744. The molecule has 0 bridgehead atoms. The van der Waals surface area contributed by atoms with Gasteiger partial charge in [-0.2, -0.15) is 0 Å². The van der Waals surface area contributed by atoms with Crippen LogP contribution in [0.15, 0.2) is 24.4 Å². The third-order valence-corrected chi connectivity index (χ3v) is 3.38. The van der Waals surface area contributed by atoms with Crippen LogP contribution in [0.4, 0.5) is 4.79 Å². The van der Waals surface area contributed by atoms with Crippen LogP contribution in [0.3, 0.4) is 0 Å². The molecule has 3 N–H and O–H groups in total. The van der Waals surface area contributed by atoms with Crippen LogP contribution in [0.2, 0.25) is 0 Å². The number of carbonyl (C=O) groups excluding carboxylic acids is 1. The van der Waals surface area contributed by atoms with E-state index in [1.165, 1.54) is 0 Å². The Balaban J connectivity index is 2.00. The van der Waals surface area contributed by atoms with Crippen molar-refractivity contribution in [3.8, 4) is 0 Å². The summed E-state index contributed by atoms with van der Waals surface area (Å²) in [6.07, 6.45) is 3.18. The Kier molecular flexibility index (Phi) is 5.10. The van der Waals surface area contributed by atoms with Crippen molar-refractivity contribution in [3.63, 3.8) is 0 Å². The molecule has 0 saturated carbocycles. The molecule has 0 aliphatic heterocycles. The number of pyridine rings is 1. The van der Waals surface area contributed by atoms with Gasteiger partial charge >= 0.3 is 6.03 Å². The molecule has 0 aliphatic rings. The first-order valence-corrected chi connectivity index (χ1v) is 7.13. The number of urea groups is 1. The summed E-state index contributed by atoms with van der Waals surface area (Å²) < 4.78 is 1.84. The van der Waals surface area contributed by atoms with E-state index in [1.54, 1.807) is 0 Å². The van der Waals surface area contributed by atoms with E-state index in [4.69, 9.17) is 5.11 Å². The van der Waals surface area contributed by atoms with Gasteiger partial charge in [0.2, 0.25) is 0 Å². The highest BCUT2D eigenvalue weighted by atomic mass is 16.3. The third kappa shape index (κ3) is 3.69. The van der Waals surface area contributed by atoms with Crippen molar-refractivity contribution < 1.29 is 9.90 Å². The number of hydrogen-bond donors (Lipinski definition) is 3. The van der Waals surface area contributed by atoms with Crippen LogP contribution in [0.5, 0.6) is 0 Å². The van der Waals surface area contributed by atoms with Gasteiger partial charge in [0.15, 0.2) is 11.5 Å². The molecule has 0 saturated heterocycles. The lowest BCUT2D eigenvalue weighted by Crippen LogP contribution is -2.43. The maximum atomic E-state index is 12.0. The molecule has 21 heavy (non-hydrogen) atoms. The van der Waals surface area contributed by atoms with Crippen LogP contribution in [0.1, 0.15) is 38.6 Å². The fourth-order valence-corrected chi connectivity index (χ4v) is 2.18. The second-order valence-corrected chi connectivity index (χ2v) is 4.94. The molecular formula is C14H21N5O2. The lowest BCUT2D eigenvalue weighted by molar-refractivity contribution is 0.225. The van der Waals surface area contributed by atoms with Gasteiger partial charge in [0.25, 0.3) is 0 Å². The number of aliphatic hydroxyl groups excluding tert-OH is 1. The summed E-state index contributed by atoms with van der Waals surface area (Å²) in [6, 6.07) is 5.07. The molecule has 0 aliphatic carbocycles. The Morgan fingerprint density at radius 1 is 1.38 bits per heavy atom. The molecule has 2 rings (SSSR count). The van der Waals surface area contributed by atoms with Gasteiger partial charge < -0.3 is 15.7 Å². The Morgan fingerprint density at radius 3 is 2.90 bits per heavy atom. The van der Waals surface area contributed by atoms with Crippen molar-refractivity contribution >= 4 is 11.7 Å². The van der Waals surface area contributed by atoms with E-state index >= 15 is 0 Å². The van der Waals surface area contributed by atoms with Crippen LogP contribution < -0.4 is 10.6 Å². The van der Waals surface area contributed by atoms with Crippen LogP contribution in [-0.2, 0) is 0 Å². The monoisotopic (exact) mass is 291 g/mol. The Morgan fingerprint density at radius 2 is 2.19 bits per heavy atom. The first kappa shape index (κ1) is 15.2. The minimum absolute atomic E-state index is 0.0302. The first-order chi connectivity index (χ1) is 10.2. The summed E-state index contributed by atoms with van der Waals surface area (Å²) in [6.45, 7) is 3.88. The van der Waals surface area contributed by atoms with E-state index in [1.807, 2.05) is 42.6 Å². The lowest BCUT2D eigenvalue weighted by Gasteiger charge is -2.18. The molecule has 7 heteroatoms. The van der Waals surface area contributed by atoms with E-state index in [-0.39, 0.29) is 24.7 Å². The van der Waals surface area contributed by atoms with Gasteiger partial charge in [-0.05, 0) is 31.9 Å². The summed E-state index contributed by atoms with van der Waals surface area (Å²) >= 11 is 0. The molecule has 2 heterocycles. The van der Waals surface area contributed by atoms with E-state index in [2.05, 4.69) is 20.8 Å². The van der Waals surface area contributed by atoms with Gasteiger partial charge in [-0.3, -0.25) is 4.40 Å². The average molecular weight is 291 g/mol. The zero-order chi connectivity index (χ0) is 15.2. The minimum atomic E-state index is -0.269. The van der Waals surface area contributed by atoms with E-state index in [0.717, 1.165) is 12.1 Å². The highest BCUT2D eigenvalue weighted by molar-refractivity contribution is 5.74. The topological polar surface area (TPSA) is 91.5 Å². The largest absolute Gasteiger partial charge is 0.396 e. The zero-order valence-corrected chi connectivity index (χ0v) is 12.3. The molecule has 7 nitrogen and oxygen atoms in total. The number of aromatic nitrogens is 3. The van der Waals surface area contributed by atoms with Gasteiger partial charge in [0.1, 0.15) is 0 Å². The lowest BCUT2D eigenvalue weighted by atomic mass is 10.1. The van der Waals surface area contributed by atoms with Gasteiger partial charge in [-0.1, -0.05) is 13.0 Å². The van der Waals surface area contributed by atoms with Crippen molar-refractivity contribution in [2.45, 2.75) is 38.8 Å². The molecule has 2 aromatic heterocycles. The van der Waals surface area contributed by atoms with Crippen LogP contribution in [-0.4, -0.2) is 38.4 Å². The Bertz CT molecular complexity index is 598. The zero-order valence-electron chi connectivity index (χ0n) is 12.3. The van der Waals surface area contributed by atoms with E-state index in [0.29, 0.717) is 12.2 Å². The number of amides is 2. The molecule has 0 radical (unpaired) electrons. The molecular weight excluding hydrogens is 270 g/mol. The van der Waals surface area contributed by atoms with Gasteiger partial charge in [-0.15, -0.1) is 10.2 Å². The van der Waals surface area contributed by atoms with Crippen molar-refractivity contribution in [1.29, 1.82) is 0 Å². The standard InChI is InChI=1S/C14H21N5O2/c1-3-11(7-9-20)16-14(21)15-10(2)13-18-17-12-6-4-5-8-19(12)13/h4-6,8,10-11,20H,3,7,9H2,1-2H3,(H2,15,16,21). The molecule has 2 atom stereocenters. The quantitative estimate of drug-likeness (QED) is 0.747. The van der Waals surface area contributed by atoms with Crippen molar-refractivity contribution in [1.82, 2.24) is 25.2 Å².